The minimum Gasteiger partial charge on any atom is -0.291 e. The molecule has 0 N–H and O–H groups in total. The molecule has 0 amide bonds. The molecule has 9 heteroatoms. The van der Waals surface area contributed by atoms with Gasteiger partial charge >= 0.3 is 0 Å². The average molecular weight is 404 g/mol. The highest BCUT2D eigenvalue weighted by Gasteiger charge is 2.18. The number of aromatic nitrogens is 7. The van der Waals surface area contributed by atoms with Crippen molar-refractivity contribution in [3.63, 3.8) is 0 Å². The van der Waals surface area contributed by atoms with Crippen LogP contribution in [0.15, 0.2) is 59.8 Å². The van der Waals surface area contributed by atoms with Gasteiger partial charge in [0.2, 0.25) is 0 Å². The van der Waals surface area contributed by atoms with Crippen LogP contribution in [0.2, 0.25) is 5.02 Å². The van der Waals surface area contributed by atoms with E-state index in [4.69, 9.17) is 11.6 Å². The first kappa shape index (κ1) is 17.4. The molecule has 0 spiro atoms. The first-order valence-corrected chi connectivity index (χ1v) is 9.26. The number of hydrogen-bond acceptors (Lipinski definition) is 6. The van der Waals surface area contributed by atoms with Gasteiger partial charge in [0.05, 0.1) is 23.5 Å². The molecule has 8 nitrogen and oxygen atoms in total. The Bertz CT molecular complexity index is 1410. The maximum absolute atomic E-state index is 12.9. The highest BCUT2D eigenvalue weighted by Crippen LogP contribution is 2.28. The molecule has 4 heterocycles. The lowest BCUT2D eigenvalue weighted by Crippen LogP contribution is -2.23. The molecule has 5 aromatic rings. The summed E-state index contributed by atoms with van der Waals surface area (Å²) in [5.74, 6) is 0. The Morgan fingerprint density at radius 3 is 2.59 bits per heavy atom. The first-order chi connectivity index (χ1) is 14.1. The van der Waals surface area contributed by atoms with Crippen LogP contribution in [-0.2, 0) is 6.54 Å². The van der Waals surface area contributed by atoms with Crippen molar-refractivity contribution < 1.29 is 0 Å². The van der Waals surface area contributed by atoms with E-state index in [2.05, 4.69) is 25.3 Å². The van der Waals surface area contributed by atoms with Gasteiger partial charge in [0.1, 0.15) is 6.33 Å². The number of benzene rings is 1. The maximum Gasteiger partial charge on any atom is 0.283 e. The summed E-state index contributed by atoms with van der Waals surface area (Å²) in [6.45, 7) is 2.18. The van der Waals surface area contributed by atoms with Gasteiger partial charge < -0.3 is 0 Å². The van der Waals surface area contributed by atoms with Gasteiger partial charge in [-0.05, 0) is 36.8 Å². The number of halogens is 1. The zero-order valence-electron chi connectivity index (χ0n) is 15.3. The van der Waals surface area contributed by atoms with Crippen LogP contribution < -0.4 is 5.56 Å². The Kier molecular flexibility index (Phi) is 4.06. The molecule has 0 radical (unpaired) electrons. The normalized spacial score (nSPS) is 11.4. The molecule has 0 saturated carbocycles. The van der Waals surface area contributed by atoms with Crippen LogP contribution in [0.1, 0.15) is 11.4 Å². The molecule has 1 aromatic carbocycles. The molecule has 0 unspecified atom stereocenters. The predicted octanol–water partition coefficient (Wildman–Crippen LogP) is 2.91. The van der Waals surface area contributed by atoms with Gasteiger partial charge in [0.15, 0.2) is 16.8 Å². The van der Waals surface area contributed by atoms with Crippen LogP contribution in [-0.4, -0.2) is 34.3 Å². The van der Waals surface area contributed by atoms with Gasteiger partial charge in [-0.2, -0.15) is 9.61 Å². The van der Waals surface area contributed by atoms with E-state index >= 15 is 0 Å². The van der Waals surface area contributed by atoms with Crippen molar-refractivity contribution in [2.24, 2.45) is 0 Å². The van der Waals surface area contributed by atoms with Crippen LogP contribution in [0.4, 0.5) is 0 Å². The molecule has 0 aliphatic carbocycles. The van der Waals surface area contributed by atoms with Crippen LogP contribution in [0.25, 0.3) is 27.9 Å². The van der Waals surface area contributed by atoms with Crippen molar-refractivity contribution >= 4 is 28.4 Å². The summed E-state index contributed by atoms with van der Waals surface area (Å²) in [6.07, 6.45) is 3.17. The Hall–Kier alpha value is -3.65. The Labute approximate surface area is 169 Å². The largest absolute Gasteiger partial charge is 0.291 e. The van der Waals surface area contributed by atoms with Crippen molar-refractivity contribution in [3.8, 4) is 11.1 Å². The molecule has 142 valence electrons. The molecular formula is C20H14ClN7O. The van der Waals surface area contributed by atoms with E-state index in [0.29, 0.717) is 22.9 Å². The highest BCUT2D eigenvalue weighted by molar-refractivity contribution is 6.30. The van der Waals surface area contributed by atoms with E-state index in [0.717, 1.165) is 22.5 Å². The lowest BCUT2D eigenvalue weighted by molar-refractivity contribution is 0.720. The summed E-state index contributed by atoms with van der Waals surface area (Å²) in [6, 6.07) is 13.0. The Morgan fingerprint density at radius 1 is 1.00 bits per heavy atom. The van der Waals surface area contributed by atoms with E-state index in [1.54, 1.807) is 10.7 Å². The third kappa shape index (κ3) is 2.94. The monoisotopic (exact) mass is 403 g/mol. The third-order valence-corrected chi connectivity index (χ3v) is 4.92. The van der Waals surface area contributed by atoms with Crippen molar-refractivity contribution in [2.75, 3.05) is 0 Å². The van der Waals surface area contributed by atoms with Gasteiger partial charge in [0.25, 0.3) is 5.56 Å². The van der Waals surface area contributed by atoms with Gasteiger partial charge in [-0.25, -0.2) is 4.98 Å². The third-order valence-electron chi connectivity index (χ3n) is 4.67. The van der Waals surface area contributed by atoms with Crippen molar-refractivity contribution in [3.05, 3.63) is 81.8 Å². The molecule has 4 aromatic heterocycles. The fourth-order valence-corrected chi connectivity index (χ4v) is 3.42. The zero-order chi connectivity index (χ0) is 20.0. The lowest BCUT2D eigenvalue weighted by atomic mass is 10.1. The number of pyridine rings is 1. The van der Waals surface area contributed by atoms with Crippen LogP contribution in [0.5, 0.6) is 0 Å². The smallest absolute Gasteiger partial charge is 0.283 e. The molecule has 0 fully saturated rings. The molecule has 0 saturated heterocycles. The summed E-state index contributed by atoms with van der Waals surface area (Å²) < 4.78 is 3.02. The van der Waals surface area contributed by atoms with E-state index in [1.165, 1.54) is 10.9 Å². The maximum atomic E-state index is 12.9. The number of nitrogens with zero attached hydrogens (tertiary/aromatic N) is 7. The van der Waals surface area contributed by atoms with Crippen LogP contribution >= 0.6 is 11.6 Å². The highest BCUT2D eigenvalue weighted by atomic mass is 35.5. The predicted molar refractivity (Wildman–Crippen MR) is 109 cm³/mol. The SMILES string of the molecule is Cc1nn2c(nnc3c(=O)n(Cc4ccccn4)cnc32)c1-c1ccc(Cl)cc1. The van der Waals surface area contributed by atoms with Crippen LogP contribution in [0.3, 0.4) is 0 Å². The van der Waals surface area contributed by atoms with E-state index < -0.39 is 0 Å². The molecule has 29 heavy (non-hydrogen) atoms. The molecule has 0 aliphatic rings. The second kappa shape index (κ2) is 6.75. The summed E-state index contributed by atoms with van der Waals surface area (Å²) in [5, 5.41) is 13.7. The van der Waals surface area contributed by atoms with E-state index in [1.807, 2.05) is 49.4 Å². The first-order valence-electron chi connectivity index (χ1n) is 8.89. The van der Waals surface area contributed by atoms with Gasteiger partial charge in [-0.1, -0.05) is 29.8 Å². The van der Waals surface area contributed by atoms with Crippen LogP contribution in [0, 0.1) is 6.92 Å². The van der Waals surface area contributed by atoms with Gasteiger partial charge in [-0.3, -0.25) is 14.3 Å². The fourth-order valence-electron chi connectivity index (χ4n) is 3.30. The van der Waals surface area contributed by atoms with Crippen molar-refractivity contribution in [1.29, 1.82) is 0 Å². The number of rotatable bonds is 3. The molecule has 0 atom stereocenters. The van der Waals surface area contributed by atoms with Gasteiger partial charge in [-0.15, -0.1) is 10.2 Å². The summed E-state index contributed by atoms with van der Waals surface area (Å²) >= 11 is 6.00. The summed E-state index contributed by atoms with van der Waals surface area (Å²) in [5.41, 5.74) is 4.01. The summed E-state index contributed by atoms with van der Waals surface area (Å²) in [4.78, 5) is 21.6. The second-order valence-electron chi connectivity index (χ2n) is 6.57. The molecular weight excluding hydrogens is 390 g/mol. The summed E-state index contributed by atoms with van der Waals surface area (Å²) in [7, 11) is 0. The van der Waals surface area contributed by atoms with E-state index in [9.17, 15) is 4.79 Å². The van der Waals surface area contributed by atoms with Crippen molar-refractivity contribution in [2.45, 2.75) is 13.5 Å². The number of fused-ring (bicyclic) bond motifs is 3. The van der Waals surface area contributed by atoms with Crippen molar-refractivity contribution in [1.82, 2.24) is 34.3 Å². The Morgan fingerprint density at radius 2 is 1.83 bits per heavy atom. The standard InChI is InChI=1S/C20H14ClN7O/c1-12-16(13-5-7-14(21)8-6-13)18-25-24-17-19(28(18)26-12)23-11-27(20(17)29)10-15-4-2-3-9-22-15/h2-9,11H,10H2,1H3. The number of hydrogen-bond donors (Lipinski definition) is 0. The Balaban J connectivity index is 1.68. The number of aryl methyl sites for hydroxylation is 1. The fraction of sp³-hybridized carbons (Fsp3) is 0.100. The van der Waals surface area contributed by atoms with Gasteiger partial charge in [0, 0.05) is 11.2 Å². The second-order valence-corrected chi connectivity index (χ2v) is 7.01. The minimum atomic E-state index is -0.295. The lowest BCUT2D eigenvalue weighted by Gasteiger charge is -2.06. The topological polar surface area (TPSA) is 90.9 Å². The zero-order valence-corrected chi connectivity index (χ0v) is 16.1. The molecule has 0 aliphatic heterocycles. The molecule has 0 bridgehead atoms. The minimum absolute atomic E-state index is 0.154. The average Bonchev–Trinajstić information content (AvgIpc) is 3.08. The molecule has 5 rings (SSSR count). The van der Waals surface area contributed by atoms with E-state index in [-0.39, 0.29) is 11.1 Å². The quantitative estimate of drug-likeness (QED) is 0.460.